The maximum Gasteiger partial charge on any atom is 0.141 e. The summed E-state index contributed by atoms with van der Waals surface area (Å²) in [6.07, 6.45) is 10.4. The number of hydrogen-bond donors (Lipinski definition) is 0. The highest BCUT2D eigenvalue weighted by Crippen LogP contribution is 2.45. The van der Waals surface area contributed by atoms with Gasteiger partial charge in [0.2, 0.25) is 0 Å². The van der Waals surface area contributed by atoms with Crippen LogP contribution in [-0.2, 0) is 5.41 Å². The van der Waals surface area contributed by atoms with Gasteiger partial charge in [0.25, 0.3) is 0 Å². The zero-order chi connectivity index (χ0) is 10.8. The van der Waals surface area contributed by atoms with E-state index in [9.17, 15) is 0 Å². The normalized spacial score (nSPS) is 17.8. The Labute approximate surface area is 93.8 Å². The van der Waals surface area contributed by atoms with Gasteiger partial charge >= 0.3 is 0 Å². The standard InChI is InChI=1S/C12H12N4/c1-4-12(5-1,10-13-6-2-7-14-10)11-15-8-3-9-16-11/h2-3,6-9H,1,4-5H2. The van der Waals surface area contributed by atoms with Crippen LogP contribution in [0.15, 0.2) is 36.9 Å². The average molecular weight is 212 g/mol. The molecule has 0 radical (unpaired) electrons. The quantitative estimate of drug-likeness (QED) is 0.760. The Hall–Kier alpha value is -1.84. The molecule has 0 unspecified atom stereocenters. The highest BCUT2D eigenvalue weighted by atomic mass is 15.0. The van der Waals surface area contributed by atoms with Crippen LogP contribution in [0.25, 0.3) is 0 Å². The van der Waals surface area contributed by atoms with E-state index in [0.717, 1.165) is 24.5 Å². The van der Waals surface area contributed by atoms with Crippen LogP contribution in [0.2, 0.25) is 0 Å². The largest absolute Gasteiger partial charge is 0.240 e. The number of hydrogen-bond acceptors (Lipinski definition) is 4. The maximum absolute atomic E-state index is 4.36. The topological polar surface area (TPSA) is 51.6 Å². The monoisotopic (exact) mass is 212 g/mol. The molecule has 0 bridgehead atoms. The molecule has 80 valence electrons. The van der Waals surface area contributed by atoms with Crippen molar-refractivity contribution in [2.45, 2.75) is 24.7 Å². The molecule has 0 spiro atoms. The zero-order valence-electron chi connectivity index (χ0n) is 8.87. The number of aromatic nitrogens is 4. The molecule has 16 heavy (non-hydrogen) atoms. The van der Waals surface area contributed by atoms with Crippen LogP contribution >= 0.6 is 0 Å². The Morgan fingerprint density at radius 1 is 0.750 bits per heavy atom. The molecule has 0 aliphatic heterocycles. The van der Waals surface area contributed by atoms with Crippen LogP contribution in [0, 0.1) is 0 Å². The van der Waals surface area contributed by atoms with Crippen molar-refractivity contribution in [1.82, 2.24) is 19.9 Å². The molecule has 0 atom stereocenters. The zero-order valence-corrected chi connectivity index (χ0v) is 8.87. The summed E-state index contributed by atoms with van der Waals surface area (Å²) in [5.41, 5.74) is -0.136. The smallest absolute Gasteiger partial charge is 0.141 e. The minimum Gasteiger partial charge on any atom is -0.240 e. The first-order valence-electron chi connectivity index (χ1n) is 5.47. The Balaban J connectivity index is 2.08. The van der Waals surface area contributed by atoms with E-state index < -0.39 is 0 Å². The summed E-state index contributed by atoms with van der Waals surface area (Å²) in [6.45, 7) is 0. The molecule has 1 aliphatic rings. The van der Waals surface area contributed by atoms with Crippen molar-refractivity contribution >= 4 is 0 Å². The first-order valence-corrected chi connectivity index (χ1v) is 5.47. The van der Waals surface area contributed by atoms with Crippen molar-refractivity contribution in [3.05, 3.63) is 48.6 Å². The fourth-order valence-electron chi connectivity index (χ4n) is 2.17. The van der Waals surface area contributed by atoms with Crippen LogP contribution in [0.1, 0.15) is 30.9 Å². The lowest BCUT2D eigenvalue weighted by Gasteiger charge is -2.38. The molecule has 2 aromatic rings. The molecule has 1 saturated carbocycles. The van der Waals surface area contributed by atoms with Gasteiger partial charge in [0.15, 0.2) is 0 Å². The summed E-state index contributed by atoms with van der Waals surface area (Å²) in [5, 5.41) is 0. The molecule has 1 fully saturated rings. The first kappa shape index (κ1) is 9.39. The highest BCUT2D eigenvalue weighted by Gasteiger charge is 2.45. The molecule has 2 heterocycles. The van der Waals surface area contributed by atoms with Crippen molar-refractivity contribution in [3.63, 3.8) is 0 Å². The van der Waals surface area contributed by atoms with Crippen molar-refractivity contribution in [2.75, 3.05) is 0 Å². The second-order valence-electron chi connectivity index (χ2n) is 4.08. The van der Waals surface area contributed by atoms with Crippen LogP contribution in [0.5, 0.6) is 0 Å². The second-order valence-corrected chi connectivity index (χ2v) is 4.08. The van der Waals surface area contributed by atoms with E-state index in [1.54, 1.807) is 24.8 Å². The SMILES string of the molecule is c1cnc(C2(c3ncccn3)CCC2)nc1. The highest BCUT2D eigenvalue weighted by molar-refractivity contribution is 5.25. The lowest BCUT2D eigenvalue weighted by atomic mass is 9.67. The van der Waals surface area contributed by atoms with Crippen molar-refractivity contribution in [1.29, 1.82) is 0 Å². The van der Waals surface area contributed by atoms with E-state index in [2.05, 4.69) is 19.9 Å². The third kappa shape index (κ3) is 1.30. The Kier molecular flexibility index (Phi) is 2.13. The number of rotatable bonds is 2. The predicted octanol–water partition coefficient (Wildman–Crippen LogP) is 1.74. The first-order chi connectivity index (χ1) is 7.92. The van der Waals surface area contributed by atoms with Crippen LogP contribution < -0.4 is 0 Å². The molecular weight excluding hydrogens is 200 g/mol. The Morgan fingerprint density at radius 2 is 1.19 bits per heavy atom. The van der Waals surface area contributed by atoms with Gasteiger partial charge in [0.1, 0.15) is 11.6 Å². The van der Waals surface area contributed by atoms with Gasteiger partial charge in [-0.25, -0.2) is 19.9 Å². The van der Waals surface area contributed by atoms with Crippen LogP contribution in [-0.4, -0.2) is 19.9 Å². The average Bonchev–Trinajstić information content (AvgIpc) is 2.31. The van der Waals surface area contributed by atoms with Gasteiger partial charge in [0.05, 0.1) is 5.41 Å². The third-order valence-electron chi connectivity index (χ3n) is 3.19. The van der Waals surface area contributed by atoms with E-state index in [-0.39, 0.29) is 5.41 Å². The van der Waals surface area contributed by atoms with Crippen molar-refractivity contribution in [3.8, 4) is 0 Å². The third-order valence-corrected chi connectivity index (χ3v) is 3.19. The Bertz CT molecular complexity index is 423. The molecule has 0 saturated heterocycles. The van der Waals surface area contributed by atoms with Gasteiger partial charge < -0.3 is 0 Å². The predicted molar refractivity (Wildman–Crippen MR) is 58.7 cm³/mol. The van der Waals surface area contributed by atoms with Gasteiger partial charge in [0, 0.05) is 24.8 Å². The fourth-order valence-corrected chi connectivity index (χ4v) is 2.17. The van der Waals surface area contributed by atoms with Crippen LogP contribution in [0.3, 0.4) is 0 Å². The summed E-state index contributed by atoms with van der Waals surface area (Å²) in [7, 11) is 0. The summed E-state index contributed by atoms with van der Waals surface area (Å²) < 4.78 is 0. The molecular formula is C12H12N4. The van der Waals surface area contributed by atoms with E-state index in [4.69, 9.17) is 0 Å². The van der Waals surface area contributed by atoms with Gasteiger partial charge in [-0.1, -0.05) is 6.42 Å². The maximum atomic E-state index is 4.36. The van der Waals surface area contributed by atoms with Gasteiger partial charge in [-0.3, -0.25) is 0 Å². The lowest BCUT2D eigenvalue weighted by Crippen LogP contribution is -2.39. The molecule has 1 aliphatic carbocycles. The lowest BCUT2D eigenvalue weighted by molar-refractivity contribution is 0.269. The summed E-state index contributed by atoms with van der Waals surface area (Å²) in [5.74, 6) is 1.71. The molecule has 3 rings (SSSR count). The van der Waals surface area contributed by atoms with E-state index in [0.29, 0.717) is 0 Å². The number of nitrogens with zero attached hydrogens (tertiary/aromatic N) is 4. The van der Waals surface area contributed by atoms with Crippen molar-refractivity contribution in [2.24, 2.45) is 0 Å². The molecule has 2 aromatic heterocycles. The summed E-state index contributed by atoms with van der Waals surface area (Å²) in [6, 6.07) is 3.67. The minimum atomic E-state index is -0.136. The van der Waals surface area contributed by atoms with E-state index >= 15 is 0 Å². The molecule has 0 amide bonds. The molecule has 0 aromatic carbocycles. The molecule has 0 N–H and O–H groups in total. The van der Waals surface area contributed by atoms with E-state index in [1.165, 1.54) is 6.42 Å². The Morgan fingerprint density at radius 3 is 1.50 bits per heavy atom. The molecule has 4 nitrogen and oxygen atoms in total. The van der Waals surface area contributed by atoms with E-state index in [1.807, 2.05) is 12.1 Å². The fraction of sp³-hybridized carbons (Fsp3) is 0.333. The van der Waals surface area contributed by atoms with Crippen molar-refractivity contribution < 1.29 is 0 Å². The summed E-state index contributed by atoms with van der Waals surface area (Å²) >= 11 is 0. The minimum absolute atomic E-state index is 0.136. The molecule has 4 heteroatoms. The van der Waals surface area contributed by atoms with Gasteiger partial charge in [-0.05, 0) is 25.0 Å². The van der Waals surface area contributed by atoms with Gasteiger partial charge in [-0.15, -0.1) is 0 Å². The second kappa shape index (κ2) is 3.63. The summed E-state index contributed by atoms with van der Waals surface area (Å²) in [4.78, 5) is 17.4. The van der Waals surface area contributed by atoms with Crippen LogP contribution in [0.4, 0.5) is 0 Å². The van der Waals surface area contributed by atoms with Gasteiger partial charge in [-0.2, -0.15) is 0 Å².